The molecule has 1 aromatic heterocycles. The van der Waals surface area contributed by atoms with Gasteiger partial charge < -0.3 is 10.2 Å². The SMILES string of the molecule is CCCCN(C)C(=O)c1cc(C(=O)NC2CCCCCC2)ccn1. The number of hydrogen-bond donors (Lipinski definition) is 1. The molecule has 1 fully saturated rings. The minimum Gasteiger partial charge on any atom is -0.349 e. The van der Waals surface area contributed by atoms with E-state index in [-0.39, 0.29) is 17.9 Å². The van der Waals surface area contributed by atoms with Crippen molar-refractivity contribution in [3.8, 4) is 0 Å². The maximum Gasteiger partial charge on any atom is 0.272 e. The summed E-state index contributed by atoms with van der Waals surface area (Å²) in [6, 6.07) is 3.53. The first-order chi connectivity index (χ1) is 11.6. The van der Waals surface area contributed by atoms with Crippen LogP contribution in [0.25, 0.3) is 0 Å². The monoisotopic (exact) mass is 331 g/mol. The molecule has 1 aromatic rings. The van der Waals surface area contributed by atoms with E-state index >= 15 is 0 Å². The Morgan fingerprint density at radius 3 is 2.62 bits per heavy atom. The Kier molecular flexibility index (Phi) is 7.22. The first-order valence-corrected chi connectivity index (χ1v) is 9.14. The Morgan fingerprint density at radius 2 is 1.96 bits per heavy atom. The number of unbranched alkanes of at least 4 members (excludes halogenated alkanes) is 1. The molecule has 0 atom stereocenters. The molecule has 1 aliphatic rings. The minimum absolute atomic E-state index is 0.102. The van der Waals surface area contributed by atoms with E-state index in [0.29, 0.717) is 17.8 Å². The van der Waals surface area contributed by atoms with Crippen molar-refractivity contribution < 1.29 is 9.59 Å². The number of nitrogens with zero attached hydrogens (tertiary/aromatic N) is 2. The lowest BCUT2D eigenvalue weighted by atomic mass is 10.1. The summed E-state index contributed by atoms with van der Waals surface area (Å²) in [6.07, 6.45) is 10.5. The summed E-state index contributed by atoms with van der Waals surface area (Å²) in [7, 11) is 1.78. The molecular formula is C19H29N3O2. The highest BCUT2D eigenvalue weighted by molar-refractivity contribution is 5.98. The van der Waals surface area contributed by atoms with Gasteiger partial charge in [0.1, 0.15) is 5.69 Å². The third kappa shape index (κ3) is 5.32. The molecule has 0 aromatic carbocycles. The van der Waals surface area contributed by atoms with Crippen LogP contribution in [0, 0.1) is 0 Å². The van der Waals surface area contributed by atoms with E-state index in [2.05, 4.69) is 17.2 Å². The number of pyridine rings is 1. The van der Waals surface area contributed by atoms with Gasteiger partial charge in [-0.15, -0.1) is 0 Å². The number of carbonyl (C=O) groups excluding carboxylic acids is 2. The van der Waals surface area contributed by atoms with Crippen molar-refractivity contribution in [3.63, 3.8) is 0 Å². The van der Waals surface area contributed by atoms with Crippen LogP contribution in [0.5, 0.6) is 0 Å². The summed E-state index contributed by atoms with van der Waals surface area (Å²) in [5, 5.41) is 3.11. The Hall–Kier alpha value is -1.91. The number of aromatic nitrogens is 1. The minimum atomic E-state index is -0.132. The molecule has 5 nitrogen and oxygen atoms in total. The van der Waals surface area contributed by atoms with E-state index in [9.17, 15) is 9.59 Å². The van der Waals surface area contributed by atoms with Crippen molar-refractivity contribution in [2.75, 3.05) is 13.6 Å². The van der Waals surface area contributed by atoms with Crippen molar-refractivity contribution in [2.45, 2.75) is 64.3 Å². The van der Waals surface area contributed by atoms with Crippen molar-refractivity contribution >= 4 is 11.8 Å². The van der Waals surface area contributed by atoms with Crippen molar-refractivity contribution in [1.82, 2.24) is 15.2 Å². The zero-order valence-electron chi connectivity index (χ0n) is 14.9. The summed E-state index contributed by atoms with van der Waals surface area (Å²) >= 11 is 0. The highest BCUT2D eigenvalue weighted by Gasteiger charge is 2.18. The molecule has 1 aliphatic carbocycles. The predicted molar refractivity (Wildman–Crippen MR) is 95.1 cm³/mol. The maximum atomic E-state index is 12.5. The molecule has 1 N–H and O–H groups in total. The number of rotatable bonds is 6. The van der Waals surface area contributed by atoms with Crippen LogP contribution < -0.4 is 5.32 Å². The molecule has 0 unspecified atom stereocenters. The summed E-state index contributed by atoms with van der Waals surface area (Å²) in [5.74, 6) is -0.234. The summed E-state index contributed by atoms with van der Waals surface area (Å²) in [4.78, 5) is 30.7. The second kappa shape index (κ2) is 9.40. The van der Waals surface area contributed by atoms with Crippen LogP contribution in [0.3, 0.4) is 0 Å². The molecule has 0 radical (unpaired) electrons. The summed E-state index contributed by atoms with van der Waals surface area (Å²) in [6.45, 7) is 2.80. The first kappa shape index (κ1) is 18.4. The smallest absolute Gasteiger partial charge is 0.272 e. The van der Waals surface area contributed by atoms with Gasteiger partial charge in [0.2, 0.25) is 0 Å². The summed E-state index contributed by atoms with van der Waals surface area (Å²) in [5.41, 5.74) is 0.851. The lowest BCUT2D eigenvalue weighted by Crippen LogP contribution is -2.34. The second-order valence-corrected chi connectivity index (χ2v) is 6.67. The molecule has 2 amide bonds. The van der Waals surface area contributed by atoms with Crippen molar-refractivity contribution in [3.05, 3.63) is 29.6 Å². The Balaban J connectivity index is 2.00. The Morgan fingerprint density at radius 1 is 1.25 bits per heavy atom. The van der Waals surface area contributed by atoms with Gasteiger partial charge in [-0.05, 0) is 31.4 Å². The fourth-order valence-corrected chi connectivity index (χ4v) is 3.07. The highest BCUT2D eigenvalue weighted by atomic mass is 16.2. The maximum absolute atomic E-state index is 12.5. The molecule has 0 bridgehead atoms. The molecule has 132 valence electrons. The van der Waals surface area contributed by atoms with E-state index in [1.54, 1.807) is 30.3 Å². The van der Waals surface area contributed by atoms with Gasteiger partial charge in [0.15, 0.2) is 0 Å². The average molecular weight is 331 g/mol. The van der Waals surface area contributed by atoms with Crippen LogP contribution in [0.4, 0.5) is 0 Å². The predicted octanol–water partition coefficient (Wildman–Crippen LogP) is 3.41. The van der Waals surface area contributed by atoms with Crippen LogP contribution in [-0.4, -0.2) is 41.3 Å². The second-order valence-electron chi connectivity index (χ2n) is 6.67. The first-order valence-electron chi connectivity index (χ1n) is 9.14. The van der Waals surface area contributed by atoms with Crippen molar-refractivity contribution in [1.29, 1.82) is 0 Å². The third-order valence-corrected chi connectivity index (χ3v) is 4.63. The van der Waals surface area contributed by atoms with Crippen LogP contribution in [0.15, 0.2) is 18.3 Å². The molecule has 2 rings (SSSR count). The van der Waals surface area contributed by atoms with Gasteiger partial charge in [0, 0.05) is 31.4 Å². The molecular weight excluding hydrogens is 302 g/mol. The topological polar surface area (TPSA) is 62.3 Å². The van der Waals surface area contributed by atoms with E-state index in [1.807, 2.05) is 0 Å². The Bertz CT molecular complexity index is 551. The lowest BCUT2D eigenvalue weighted by Gasteiger charge is -2.18. The van der Waals surface area contributed by atoms with Gasteiger partial charge in [0.25, 0.3) is 11.8 Å². The van der Waals surface area contributed by atoms with Crippen LogP contribution in [0.2, 0.25) is 0 Å². The molecule has 0 aliphatic heterocycles. The zero-order chi connectivity index (χ0) is 17.4. The number of amides is 2. The molecule has 0 saturated heterocycles. The quantitative estimate of drug-likeness (QED) is 0.813. The van der Waals surface area contributed by atoms with E-state index < -0.39 is 0 Å². The number of carbonyl (C=O) groups is 2. The lowest BCUT2D eigenvalue weighted by molar-refractivity contribution is 0.0787. The summed E-state index contributed by atoms with van der Waals surface area (Å²) < 4.78 is 0. The molecule has 5 heteroatoms. The van der Waals surface area contributed by atoms with Gasteiger partial charge >= 0.3 is 0 Å². The van der Waals surface area contributed by atoms with E-state index in [0.717, 1.165) is 25.7 Å². The average Bonchev–Trinajstić information content (AvgIpc) is 2.87. The van der Waals surface area contributed by atoms with Gasteiger partial charge in [-0.3, -0.25) is 14.6 Å². The van der Waals surface area contributed by atoms with Crippen molar-refractivity contribution in [2.24, 2.45) is 0 Å². The van der Waals surface area contributed by atoms with Gasteiger partial charge in [-0.2, -0.15) is 0 Å². The van der Waals surface area contributed by atoms with Gasteiger partial charge in [0.05, 0.1) is 0 Å². The standard InChI is InChI=1S/C19H29N3O2/c1-3-4-13-22(2)19(24)17-14-15(11-12-20-17)18(23)21-16-9-7-5-6-8-10-16/h11-12,14,16H,3-10,13H2,1-2H3,(H,21,23). The highest BCUT2D eigenvalue weighted by Crippen LogP contribution is 2.17. The molecule has 0 spiro atoms. The zero-order valence-corrected chi connectivity index (χ0v) is 14.9. The largest absolute Gasteiger partial charge is 0.349 e. The van der Waals surface area contributed by atoms with E-state index in [1.165, 1.54) is 25.7 Å². The van der Waals surface area contributed by atoms with Crippen LogP contribution in [0.1, 0.15) is 79.1 Å². The fraction of sp³-hybridized carbons (Fsp3) is 0.632. The van der Waals surface area contributed by atoms with Gasteiger partial charge in [-0.25, -0.2) is 0 Å². The number of nitrogens with one attached hydrogen (secondary N) is 1. The van der Waals surface area contributed by atoms with Gasteiger partial charge in [-0.1, -0.05) is 39.0 Å². The van der Waals surface area contributed by atoms with Crippen LogP contribution in [-0.2, 0) is 0 Å². The third-order valence-electron chi connectivity index (χ3n) is 4.63. The molecule has 1 heterocycles. The fourth-order valence-electron chi connectivity index (χ4n) is 3.07. The molecule has 24 heavy (non-hydrogen) atoms. The molecule has 1 saturated carbocycles. The normalized spacial score (nSPS) is 15.6. The number of hydrogen-bond acceptors (Lipinski definition) is 3. The van der Waals surface area contributed by atoms with E-state index in [4.69, 9.17) is 0 Å². The van der Waals surface area contributed by atoms with Crippen LogP contribution >= 0.6 is 0 Å². The Labute approximate surface area is 144 Å².